The lowest BCUT2D eigenvalue weighted by Crippen LogP contribution is -2.26. The number of aromatic nitrogens is 4. The van der Waals surface area contributed by atoms with Crippen LogP contribution in [0.1, 0.15) is 49.0 Å². The number of nitrogens with zero attached hydrogens (tertiary/aromatic N) is 4. The summed E-state index contributed by atoms with van der Waals surface area (Å²) in [5, 5.41) is 5.91. The molecule has 0 saturated heterocycles. The van der Waals surface area contributed by atoms with E-state index < -0.39 is 0 Å². The molecular formula is C24H28N4O2S. The maximum atomic E-state index is 5.44. The zero-order valence-electron chi connectivity index (χ0n) is 18.7. The molecule has 0 radical (unpaired) electrons. The molecule has 0 spiro atoms. The second kappa shape index (κ2) is 7.48. The Morgan fingerprint density at radius 2 is 1.97 bits per heavy atom. The lowest BCUT2D eigenvalue weighted by atomic mass is 9.72. The number of fused-ring (bicyclic) bond motifs is 5. The first-order valence-electron chi connectivity index (χ1n) is 10.7. The second-order valence-corrected chi connectivity index (χ2v) is 10.5. The third-order valence-electron chi connectivity index (χ3n) is 6.46. The predicted octanol–water partition coefficient (Wildman–Crippen LogP) is 5.10. The highest BCUT2D eigenvalue weighted by Gasteiger charge is 2.31. The second-order valence-electron chi connectivity index (χ2n) is 9.40. The van der Waals surface area contributed by atoms with Crippen molar-refractivity contribution in [2.75, 3.05) is 14.2 Å². The molecule has 31 heavy (non-hydrogen) atoms. The normalized spacial score (nSPS) is 16.6. The lowest BCUT2D eigenvalue weighted by molar-refractivity contribution is 0.218. The molecule has 0 amide bonds. The van der Waals surface area contributed by atoms with Gasteiger partial charge in [0.05, 0.1) is 19.6 Å². The molecule has 0 aliphatic heterocycles. The Bertz CT molecular complexity index is 1270. The summed E-state index contributed by atoms with van der Waals surface area (Å²) in [6.45, 7) is 7.06. The van der Waals surface area contributed by atoms with Crippen LogP contribution in [0, 0.1) is 11.3 Å². The van der Waals surface area contributed by atoms with Gasteiger partial charge in [-0.1, -0.05) is 26.8 Å². The fourth-order valence-electron chi connectivity index (χ4n) is 4.61. The van der Waals surface area contributed by atoms with E-state index in [1.54, 1.807) is 20.5 Å². The topological polar surface area (TPSA) is 61.5 Å². The standard InChI is InChI=1S/C24H28N4O2S/c1-24(2,3)15-7-8-16-19(12-15)31-23-21(16)22-26-20(27-28(22)13-25-23)11-14-6-9-17(29-4)18(10-14)30-5/h6,9-10,13,15H,7-8,11-12H2,1-5H3/t15-/m1/s1. The Morgan fingerprint density at radius 1 is 1.16 bits per heavy atom. The molecular weight excluding hydrogens is 408 g/mol. The van der Waals surface area contributed by atoms with Gasteiger partial charge < -0.3 is 9.47 Å². The van der Waals surface area contributed by atoms with E-state index in [1.807, 2.05) is 34.1 Å². The van der Waals surface area contributed by atoms with Gasteiger partial charge in [-0.15, -0.1) is 16.4 Å². The number of rotatable bonds is 4. The van der Waals surface area contributed by atoms with Crippen molar-refractivity contribution in [3.63, 3.8) is 0 Å². The van der Waals surface area contributed by atoms with Crippen molar-refractivity contribution in [1.82, 2.24) is 19.6 Å². The van der Waals surface area contributed by atoms with E-state index in [1.165, 1.54) is 22.2 Å². The van der Waals surface area contributed by atoms with E-state index in [0.29, 0.717) is 23.5 Å². The summed E-state index contributed by atoms with van der Waals surface area (Å²) in [5.41, 5.74) is 3.77. The van der Waals surface area contributed by atoms with Crippen molar-refractivity contribution in [1.29, 1.82) is 0 Å². The summed E-state index contributed by atoms with van der Waals surface area (Å²) >= 11 is 1.83. The third-order valence-corrected chi connectivity index (χ3v) is 7.63. The van der Waals surface area contributed by atoms with E-state index in [0.717, 1.165) is 40.5 Å². The number of benzene rings is 1. The minimum Gasteiger partial charge on any atom is -0.493 e. The van der Waals surface area contributed by atoms with E-state index in [9.17, 15) is 0 Å². The first kappa shape index (κ1) is 20.2. The summed E-state index contributed by atoms with van der Waals surface area (Å²) in [7, 11) is 3.29. The Morgan fingerprint density at radius 3 is 2.71 bits per heavy atom. The van der Waals surface area contributed by atoms with Gasteiger partial charge in [-0.3, -0.25) is 0 Å². The number of thiophene rings is 1. The van der Waals surface area contributed by atoms with Gasteiger partial charge in [0.2, 0.25) is 0 Å². The minimum absolute atomic E-state index is 0.331. The molecule has 0 N–H and O–H groups in total. The summed E-state index contributed by atoms with van der Waals surface area (Å²) in [6, 6.07) is 5.93. The maximum absolute atomic E-state index is 5.44. The fraction of sp³-hybridized carbons (Fsp3) is 0.458. The molecule has 162 valence electrons. The van der Waals surface area contributed by atoms with Crippen LogP contribution in [0.25, 0.3) is 15.9 Å². The number of ether oxygens (including phenoxy) is 2. The van der Waals surface area contributed by atoms with E-state index in [-0.39, 0.29) is 0 Å². The van der Waals surface area contributed by atoms with Gasteiger partial charge in [0.15, 0.2) is 23.0 Å². The van der Waals surface area contributed by atoms with E-state index >= 15 is 0 Å². The van der Waals surface area contributed by atoms with Crippen molar-refractivity contribution in [3.8, 4) is 11.5 Å². The van der Waals surface area contributed by atoms with Gasteiger partial charge in [-0.25, -0.2) is 14.5 Å². The highest BCUT2D eigenvalue weighted by Crippen LogP contribution is 2.43. The van der Waals surface area contributed by atoms with Gasteiger partial charge in [0, 0.05) is 11.3 Å². The average molecular weight is 437 g/mol. The molecule has 0 fully saturated rings. The predicted molar refractivity (Wildman–Crippen MR) is 123 cm³/mol. The van der Waals surface area contributed by atoms with Crippen LogP contribution in [0.2, 0.25) is 0 Å². The Labute approximate surface area is 186 Å². The van der Waals surface area contributed by atoms with Crippen LogP contribution in [-0.2, 0) is 19.3 Å². The monoisotopic (exact) mass is 436 g/mol. The Hall–Kier alpha value is -2.67. The van der Waals surface area contributed by atoms with Crippen molar-refractivity contribution in [2.24, 2.45) is 11.3 Å². The molecule has 1 aliphatic carbocycles. The number of aryl methyl sites for hydroxylation is 1. The van der Waals surface area contributed by atoms with E-state index in [4.69, 9.17) is 24.5 Å². The third kappa shape index (κ3) is 3.55. The van der Waals surface area contributed by atoms with Crippen molar-refractivity contribution in [3.05, 3.63) is 46.4 Å². The molecule has 1 aliphatic rings. The molecule has 3 aromatic heterocycles. The molecule has 1 atom stereocenters. The van der Waals surface area contributed by atoms with Gasteiger partial charge in [0.1, 0.15) is 11.2 Å². The van der Waals surface area contributed by atoms with Crippen LogP contribution in [0.5, 0.6) is 11.5 Å². The van der Waals surface area contributed by atoms with Crippen LogP contribution < -0.4 is 9.47 Å². The summed E-state index contributed by atoms with van der Waals surface area (Å²) in [4.78, 5) is 12.2. The Kier molecular flexibility index (Phi) is 4.88. The highest BCUT2D eigenvalue weighted by atomic mass is 32.1. The molecule has 6 nitrogen and oxygen atoms in total. The molecule has 4 aromatic rings. The number of hydrogen-bond donors (Lipinski definition) is 0. The van der Waals surface area contributed by atoms with Gasteiger partial charge >= 0.3 is 0 Å². The van der Waals surface area contributed by atoms with Crippen molar-refractivity contribution < 1.29 is 9.47 Å². The molecule has 3 heterocycles. The first-order chi connectivity index (χ1) is 14.9. The van der Waals surface area contributed by atoms with Gasteiger partial charge in [-0.2, -0.15) is 0 Å². The molecule has 5 rings (SSSR count). The first-order valence-corrected chi connectivity index (χ1v) is 11.5. The quantitative estimate of drug-likeness (QED) is 0.445. The van der Waals surface area contributed by atoms with Crippen LogP contribution in [0.3, 0.4) is 0 Å². The van der Waals surface area contributed by atoms with E-state index in [2.05, 4.69) is 20.8 Å². The highest BCUT2D eigenvalue weighted by molar-refractivity contribution is 7.19. The summed E-state index contributed by atoms with van der Waals surface area (Å²) in [6.07, 6.45) is 5.87. The maximum Gasteiger partial charge on any atom is 0.167 e. The molecule has 0 bridgehead atoms. The molecule has 1 aromatic carbocycles. The molecule has 7 heteroatoms. The minimum atomic E-state index is 0.331. The largest absolute Gasteiger partial charge is 0.493 e. The van der Waals surface area contributed by atoms with Crippen LogP contribution >= 0.6 is 11.3 Å². The SMILES string of the molecule is COc1ccc(Cc2nc3c4c5c(sc4ncn3n2)C[C@H](C(C)(C)C)CC5)cc1OC. The van der Waals surface area contributed by atoms with Crippen molar-refractivity contribution in [2.45, 2.75) is 46.5 Å². The number of hydrogen-bond acceptors (Lipinski definition) is 6. The summed E-state index contributed by atoms with van der Waals surface area (Å²) < 4.78 is 12.6. The van der Waals surface area contributed by atoms with Gasteiger partial charge in [-0.05, 0) is 53.9 Å². The van der Waals surface area contributed by atoms with Crippen molar-refractivity contribution >= 4 is 27.2 Å². The Balaban J connectivity index is 1.52. The summed E-state index contributed by atoms with van der Waals surface area (Å²) in [5.74, 6) is 2.93. The zero-order chi connectivity index (χ0) is 21.8. The molecule has 0 unspecified atom stereocenters. The average Bonchev–Trinajstić information content (AvgIpc) is 3.32. The van der Waals surface area contributed by atoms with Crippen LogP contribution in [0.4, 0.5) is 0 Å². The number of methoxy groups -OCH3 is 2. The molecule has 0 saturated carbocycles. The zero-order valence-corrected chi connectivity index (χ0v) is 19.5. The van der Waals surface area contributed by atoms with Crippen LogP contribution in [0.15, 0.2) is 24.5 Å². The van der Waals surface area contributed by atoms with Gasteiger partial charge in [0.25, 0.3) is 0 Å². The van der Waals surface area contributed by atoms with Crippen LogP contribution in [-0.4, -0.2) is 33.8 Å². The lowest BCUT2D eigenvalue weighted by Gasteiger charge is -2.33. The fourth-order valence-corrected chi connectivity index (χ4v) is 5.87. The smallest absolute Gasteiger partial charge is 0.167 e.